The quantitative estimate of drug-likeness (QED) is 0.677. The van der Waals surface area contributed by atoms with E-state index in [1.807, 2.05) is 13.8 Å². The van der Waals surface area contributed by atoms with Gasteiger partial charge in [-0.2, -0.15) is 0 Å². The monoisotopic (exact) mass is 156 g/mol. The summed E-state index contributed by atoms with van der Waals surface area (Å²) in [5, 5.41) is 9.28. The maximum atomic E-state index is 9.28. The van der Waals surface area contributed by atoms with Gasteiger partial charge < -0.3 is 9.52 Å². The Kier molecular flexibility index (Phi) is 3.90. The van der Waals surface area contributed by atoms with Gasteiger partial charge in [0, 0.05) is 0 Å². The van der Waals surface area contributed by atoms with Gasteiger partial charge in [0.1, 0.15) is 11.4 Å². The average molecular weight is 156 g/mol. The SMILES string of the molecule is CC.CC(C)(O)c1ccco1. The fraction of sp³-hybridized carbons (Fsp3) is 0.556. The predicted octanol–water partition coefficient (Wildman–Crippen LogP) is 2.53. The molecule has 1 aromatic heterocycles. The first-order valence-corrected chi connectivity index (χ1v) is 3.87. The largest absolute Gasteiger partial charge is 0.466 e. The highest BCUT2D eigenvalue weighted by molar-refractivity contribution is 5.05. The minimum atomic E-state index is -0.844. The fourth-order valence-electron chi connectivity index (χ4n) is 0.627. The summed E-state index contributed by atoms with van der Waals surface area (Å²) in [5.74, 6) is 0.600. The summed E-state index contributed by atoms with van der Waals surface area (Å²) in [4.78, 5) is 0. The molecule has 0 aliphatic heterocycles. The van der Waals surface area contributed by atoms with Gasteiger partial charge >= 0.3 is 0 Å². The molecule has 0 fully saturated rings. The molecule has 11 heavy (non-hydrogen) atoms. The fourth-order valence-corrected chi connectivity index (χ4v) is 0.627. The van der Waals surface area contributed by atoms with Crippen LogP contribution in [0.1, 0.15) is 33.5 Å². The summed E-state index contributed by atoms with van der Waals surface area (Å²) in [6, 6.07) is 3.51. The molecule has 64 valence electrons. The summed E-state index contributed by atoms with van der Waals surface area (Å²) in [7, 11) is 0. The molecule has 0 spiro atoms. The third kappa shape index (κ3) is 3.23. The third-order valence-electron chi connectivity index (χ3n) is 1.12. The van der Waals surface area contributed by atoms with Crippen LogP contribution in [0.5, 0.6) is 0 Å². The zero-order valence-electron chi connectivity index (χ0n) is 7.59. The number of hydrogen-bond donors (Lipinski definition) is 1. The highest BCUT2D eigenvalue weighted by atomic mass is 16.4. The van der Waals surface area contributed by atoms with Gasteiger partial charge in [0.2, 0.25) is 0 Å². The van der Waals surface area contributed by atoms with E-state index < -0.39 is 5.60 Å². The van der Waals surface area contributed by atoms with Gasteiger partial charge in [-0.25, -0.2) is 0 Å². The second-order valence-corrected chi connectivity index (χ2v) is 2.54. The van der Waals surface area contributed by atoms with Crippen molar-refractivity contribution in [1.82, 2.24) is 0 Å². The van der Waals surface area contributed by atoms with Gasteiger partial charge in [0.25, 0.3) is 0 Å². The molecule has 1 heterocycles. The van der Waals surface area contributed by atoms with Crippen LogP contribution < -0.4 is 0 Å². The van der Waals surface area contributed by atoms with Crippen molar-refractivity contribution in [3.63, 3.8) is 0 Å². The Morgan fingerprint density at radius 1 is 1.36 bits per heavy atom. The van der Waals surface area contributed by atoms with E-state index in [1.165, 1.54) is 0 Å². The smallest absolute Gasteiger partial charge is 0.134 e. The molecule has 1 N–H and O–H groups in total. The lowest BCUT2D eigenvalue weighted by Crippen LogP contribution is -2.13. The maximum Gasteiger partial charge on any atom is 0.134 e. The molecule has 2 heteroatoms. The lowest BCUT2D eigenvalue weighted by molar-refractivity contribution is 0.0541. The van der Waals surface area contributed by atoms with Crippen LogP contribution in [-0.2, 0) is 5.60 Å². The molecule has 0 unspecified atom stereocenters. The average Bonchev–Trinajstić information content (AvgIpc) is 2.40. The Morgan fingerprint density at radius 2 is 1.91 bits per heavy atom. The Bertz CT molecular complexity index is 170. The molecule has 0 bridgehead atoms. The molecule has 0 atom stereocenters. The molecule has 0 saturated carbocycles. The van der Waals surface area contributed by atoms with Crippen molar-refractivity contribution in [2.24, 2.45) is 0 Å². The van der Waals surface area contributed by atoms with Gasteiger partial charge in [-0.15, -0.1) is 0 Å². The molecule has 0 amide bonds. The second kappa shape index (κ2) is 4.19. The van der Waals surface area contributed by atoms with E-state index in [-0.39, 0.29) is 0 Å². The summed E-state index contributed by atoms with van der Waals surface area (Å²) < 4.78 is 4.95. The Labute approximate surface area is 67.9 Å². The molecule has 0 aliphatic carbocycles. The Hall–Kier alpha value is -0.760. The minimum Gasteiger partial charge on any atom is -0.466 e. The van der Waals surface area contributed by atoms with Gasteiger partial charge in [-0.1, -0.05) is 13.8 Å². The first kappa shape index (κ1) is 10.2. The van der Waals surface area contributed by atoms with E-state index in [0.717, 1.165) is 0 Å². The van der Waals surface area contributed by atoms with Crippen LogP contribution in [0.3, 0.4) is 0 Å². The normalized spacial score (nSPS) is 10.3. The standard InChI is InChI=1S/C7H10O2.C2H6/c1-7(2,8)6-4-3-5-9-6;1-2/h3-5,8H,1-2H3;1-2H3. The molecule has 0 saturated heterocycles. The second-order valence-electron chi connectivity index (χ2n) is 2.54. The Morgan fingerprint density at radius 3 is 2.09 bits per heavy atom. The predicted molar refractivity (Wildman–Crippen MR) is 45.3 cm³/mol. The number of furan rings is 1. The molecule has 0 aliphatic rings. The van der Waals surface area contributed by atoms with Crippen LogP contribution in [0, 0.1) is 0 Å². The summed E-state index contributed by atoms with van der Waals surface area (Å²) in [5.41, 5.74) is -0.844. The van der Waals surface area contributed by atoms with Gasteiger partial charge in [0.05, 0.1) is 6.26 Å². The van der Waals surface area contributed by atoms with Crippen molar-refractivity contribution < 1.29 is 9.52 Å². The van der Waals surface area contributed by atoms with Crippen molar-refractivity contribution in [3.8, 4) is 0 Å². The van der Waals surface area contributed by atoms with Gasteiger partial charge in [0.15, 0.2) is 0 Å². The summed E-state index contributed by atoms with van der Waals surface area (Å²) >= 11 is 0. The number of hydrogen-bond acceptors (Lipinski definition) is 2. The van der Waals surface area contributed by atoms with Gasteiger partial charge in [-0.05, 0) is 26.0 Å². The van der Waals surface area contributed by atoms with Crippen LogP contribution in [0.25, 0.3) is 0 Å². The van der Waals surface area contributed by atoms with Crippen LogP contribution >= 0.6 is 0 Å². The van der Waals surface area contributed by atoms with Crippen molar-refractivity contribution >= 4 is 0 Å². The van der Waals surface area contributed by atoms with E-state index in [2.05, 4.69) is 0 Å². The Balaban J connectivity index is 0.000000461. The minimum absolute atomic E-state index is 0.600. The van der Waals surface area contributed by atoms with Crippen LogP contribution in [0.2, 0.25) is 0 Å². The molecular weight excluding hydrogens is 140 g/mol. The zero-order chi connectivity index (χ0) is 8.91. The van der Waals surface area contributed by atoms with Crippen LogP contribution in [0.15, 0.2) is 22.8 Å². The van der Waals surface area contributed by atoms with Crippen LogP contribution in [0.4, 0.5) is 0 Å². The van der Waals surface area contributed by atoms with E-state index in [9.17, 15) is 5.11 Å². The number of aliphatic hydroxyl groups is 1. The first-order chi connectivity index (χ1) is 5.11. The van der Waals surface area contributed by atoms with Crippen molar-refractivity contribution in [1.29, 1.82) is 0 Å². The molecule has 2 nitrogen and oxygen atoms in total. The molecule has 0 radical (unpaired) electrons. The van der Waals surface area contributed by atoms with Crippen molar-refractivity contribution in [2.75, 3.05) is 0 Å². The summed E-state index contributed by atoms with van der Waals surface area (Å²) in [6.45, 7) is 7.37. The van der Waals surface area contributed by atoms with E-state index in [4.69, 9.17) is 4.42 Å². The van der Waals surface area contributed by atoms with Gasteiger partial charge in [-0.3, -0.25) is 0 Å². The lowest BCUT2D eigenvalue weighted by atomic mass is 10.1. The van der Waals surface area contributed by atoms with Crippen LogP contribution in [-0.4, -0.2) is 5.11 Å². The zero-order valence-corrected chi connectivity index (χ0v) is 7.59. The van der Waals surface area contributed by atoms with E-state index in [1.54, 1.807) is 32.2 Å². The van der Waals surface area contributed by atoms with E-state index in [0.29, 0.717) is 5.76 Å². The topological polar surface area (TPSA) is 33.4 Å². The maximum absolute atomic E-state index is 9.28. The van der Waals surface area contributed by atoms with Crippen molar-refractivity contribution in [3.05, 3.63) is 24.2 Å². The highest BCUT2D eigenvalue weighted by Gasteiger charge is 2.17. The molecule has 1 aromatic rings. The molecule has 0 aromatic carbocycles. The highest BCUT2D eigenvalue weighted by Crippen LogP contribution is 2.18. The molecular formula is C9H16O2. The molecule has 1 rings (SSSR count). The number of rotatable bonds is 1. The van der Waals surface area contributed by atoms with E-state index >= 15 is 0 Å². The third-order valence-corrected chi connectivity index (χ3v) is 1.12. The lowest BCUT2D eigenvalue weighted by Gasteiger charge is -2.12. The first-order valence-electron chi connectivity index (χ1n) is 3.87. The summed E-state index contributed by atoms with van der Waals surface area (Å²) in [6.07, 6.45) is 1.55. The van der Waals surface area contributed by atoms with Crippen molar-refractivity contribution in [2.45, 2.75) is 33.3 Å².